The second-order valence-corrected chi connectivity index (χ2v) is 11.2. The zero-order valence-electron chi connectivity index (χ0n) is 23.5. The lowest BCUT2D eigenvalue weighted by Gasteiger charge is -2.45. The van der Waals surface area contributed by atoms with E-state index in [2.05, 4.69) is 0 Å². The Balaban J connectivity index is 1.32. The Labute approximate surface area is 254 Å². The number of aliphatic hydroxyl groups is 14. The maximum Gasteiger partial charge on any atom is 0.187 e. The molecule has 4 aliphatic heterocycles. The van der Waals surface area contributed by atoms with E-state index in [1.165, 1.54) is 0 Å². The minimum Gasteiger partial charge on any atom is -0.394 e. The van der Waals surface area contributed by atoms with Crippen LogP contribution in [0.5, 0.6) is 0 Å². The van der Waals surface area contributed by atoms with Crippen LogP contribution in [0.1, 0.15) is 0 Å². The van der Waals surface area contributed by atoms with Crippen LogP contribution in [-0.2, 0) is 33.2 Å². The van der Waals surface area contributed by atoms with E-state index in [0.29, 0.717) is 0 Å². The topological polar surface area (TPSA) is 348 Å². The lowest BCUT2D eigenvalue weighted by Crippen LogP contribution is -2.64. The van der Waals surface area contributed by atoms with Gasteiger partial charge in [-0.25, -0.2) is 0 Å². The first kappa shape index (κ1) is 37.0. The van der Waals surface area contributed by atoms with Gasteiger partial charge in [-0.1, -0.05) is 0 Å². The average molecular weight is 667 g/mol. The lowest BCUT2D eigenvalue weighted by molar-refractivity contribution is -0.364. The third-order valence-corrected chi connectivity index (χ3v) is 8.16. The van der Waals surface area contributed by atoms with Crippen LogP contribution in [0.3, 0.4) is 0 Å². The summed E-state index contributed by atoms with van der Waals surface area (Å²) >= 11 is 0. The highest BCUT2D eigenvalue weighted by Gasteiger charge is 2.53. The van der Waals surface area contributed by atoms with Gasteiger partial charge in [0.2, 0.25) is 0 Å². The fourth-order valence-electron chi connectivity index (χ4n) is 5.45. The summed E-state index contributed by atoms with van der Waals surface area (Å²) in [5.41, 5.74) is 0. The largest absolute Gasteiger partial charge is 0.394 e. The molecule has 0 amide bonds. The summed E-state index contributed by atoms with van der Waals surface area (Å²) in [6, 6.07) is 0. The molecule has 0 radical (unpaired) electrons. The van der Waals surface area contributed by atoms with Gasteiger partial charge in [-0.15, -0.1) is 0 Å². The highest BCUT2D eigenvalue weighted by Crippen LogP contribution is 2.32. The molecule has 14 N–H and O–H groups in total. The molecule has 4 heterocycles. The maximum atomic E-state index is 10.6. The number of hydrogen-bond acceptors (Lipinski definition) is 21. The summed E-state index contributed by atoms with van der Waals surface area (Å²) in [5.74, 6) is 0. The fourth-order valence-corrected chi connectivity index (χ4v) is 5.45. The van der Waals surface area contributed by atoms with Gasteiger partial charge in [0.05, 0.1) is 26.4 Å². The third-order valence-electron chi connectivity index (χ3n) is 8.16. The Morgan fingerprint density at radius 1 is 0.533 bits per heavy atom. The molecule has 0 bridgehead atoms. The highest BCUT2D eigenvalue weighted by molar-refractivity contribution is 4.96. The van der Waals surface area contributed by atoms with E-state index in [1.807, 2.05) is 0 Å². The van der Waals surface area contributed by atoms with Crippen molar-refractivity contribution in [2.45, 2.75) is 123 Å². The Hall–Kier alpha value is -0.840. The number of rotatable bonds is 12. The van der Waals surface area contributed by atoms with Crippen LogP contribution in [0.25, 0.3) is 0 Å². The summed E-state index contributed by atoms with van der Waals surface area (Å²) < 4.78 is 37.2. The lowest BCUT2D eigenvalue weighted by atomic mass is 9.97. The zero-order chi connectivity index (χ0) is 33.3. The summed E-state index contributed by atoms with van der Waals surface area (Å²) in [5, 5.41) is 141. The first-order valence-corrected chi connectivity index (χ1v) is 14.1. The van der Waals surface area contributed by atoms with E-state index in [-0.39, 0.29) is 0 Å². The molecule has 45 heavy (non-hydrogen) atoms. The van der Waals surface area contributed by atoms with E-state index < -0.39 is 149 Å². The van der Waals surface area contributed by atoms with E-state index >= 15 is 0 Å². The second-order valence-electron chi connectivity index (χ2n) is 11.2. The van der Waals surface area contributed by atoms with Gasteiger partial charge >= 0.3 is 0 Å². The van der Waals surface area contributed by atoms with Gasteiger partial charge in [0.25, 0.3) is 0 Å². The second kappa shape index (κ2) is 15.6. The first-order chi connectivity index (χ1) is 21.2. The van der Waals surface area contributed by atoms with Crippen molar-refractivity contribution in [3.8, 4) is 0 Å². The van der Waals surface area contributed by atoms with Crippen LogP contribution in [0, 0.1) is 0 Å². The van der Waals surface area contributed by atoms with E-state index in [1.54, 1.807) is 0 Å². The highest BCUT2D eigenvalue weighted by atomic mass is 16.8. The van der Waals surface area contributed by atoms with Crippen molar-refractivity contribution in [1.82, 2.24) is 0 Å². The maximum absolute atomic E-state index is 10.6. The molecule has 4 saturated heterocycles. The fraction of sp³-hybridized carbons (Fsp3) is 1.00. The summed E-state index contributed by atoms with van der Waals surface area (Å²) in [6.45, 7) is -3.12. The molecule has 0 unspecified atom stereocenters. The summed E-state index contributed by atoms with van der Waals surface area (Å²) in [4.78, 5) is 0. The van der Waals surface area contributed by atoms with E-state index in [9.17, 15) is 66.4 Å². The van der Waals surface area contributed by atoms with Crippen LogP contribution in [0.15, 0.2) is 0 Å². The molecule has 4 fully saturated rings. The van der Waals surface area contributed by atoms with Gasteiger partial charge in [-0.3, -0.25) is 0 Å². The molecule has 21 nitrogen and oxygen atoms in total. The molecule has 4 aliphatic rings. The van der Waals surface area contributed by atoms with Crippen molar-refractivity contribution in [2.75, 3.05) is 26.4 Å². The number of ether oxygens (including phenoxy) is 7. The molecule has 0 aromatic heterocycles. The smallest absolute Gasteiger partial charge is 0.187 e. The standard InChI is InChI=1S/C24H42O21/c25-1-5(28)18-13(33)17(37)24(43-18)42-7(3-27)19-14(34)16(36)22(44-19)39-4-8-10(30)12(32)20(21(38)40-8)45-23-15(35)11(31)9(29)6(2-26)41-23/h5-38H,1-4H2/t5-,6-,7-,8-,9-,10-,11+,12+,13-,14-,15+,16-,17-,18+,19+,20+,21+,22-,23-,24-/m1/s1. The van der Waals surface area contributed by atoms with Crippen molar-refractivity contribution in [3.05, 3.63) is 0 Å². The van der Waals surface area contributed by atoms with Crippen LogP contribution in [-0.4, -0.2) is 221 Å². The first-order valence-electron chi connectivity index (χ1n) is 14.1. The van der Waals surface area contributed by atoms with Gasteiger partial charge in [0.15, 0.2) is 25.2 Å². The number of hydrogen-bond donors (Lipinski definition) is 14. The minimum absolute atomic E-state index is 0.675. The Kier molecular flexibility index (Phi) is 12.8. The summed E-state index contributed by atoms with van der Waals surface area (Å²) in [7, 11) is 0. The van der Waals surface area contributed by atoms with Crippen molar-refractivity contribution >= 4 is 0 Å². The van der Waals surface area contributed by atoms with Crippen LogP contribution < -0.4 is 0 Å². The molecule has 4 rings (SSSR count). The predicted molar refractivity (Wildman–Crippen MR) is 134 cm³/mol. The molecule has 0 aliphatic carbocycles. The quantitative estimate of drug-likeness (QED) is 0.0919. The van der Waals surface area contributed by atoms with Crippen molar-refractivity contribution in [2.24, 2.45) is 0 Å². The van der Waals surface area contributed by atoms with E-state index in [4.69, 9.17) is 38.3 Å². The molecular formula is C24H42O21. The average Bonchev–Trinajstić information content (AvgIpc) is 3.47. The van der Waals surface area contributed by atoms with Gasteiger partial charge in [-0.05, 0) is 0 Å². The molecule has 21 heteroatoms. The predicted octanol–water partition coefficient (Wildman–Crippen LogP) is -9.75. The minimum atomic E-state index is -1.99. The zero-order valence-corrected chi connectivity index (χ0v) is 23.5. The monoisotopic (exact) mass is 666 g/mol. The normalized spacial score (nSPS) is 50.5. The van der Waals surface area contributed by atoms with Crippen molar-refractivity contribution in [1.29, 1.82) is 0 Å². The van der Waals surface area contributed by atoms with Crippen molar-refractivity contribution in [3.63, 3.8) is 0 Å². The molecule has 20 atom stereocenters. The van der Waals surface area contributed by atoms with Gasteiger partial charge in [0, 0.05) is 0 Å². The number of aliphatic hydroxyl groups excluding tert-OH is 14. The molecule has 0 aromatic carbocycles. The molecule has 0 spiro atoms. The van der Waals surface area contributed by atoms with Crippen LogP contribution >= 0.6 is 0 Å². The molecular weight excluding hydrogens is 624 g/mol. The Morgan fingerprint density at radius 2 is 1.11 bits per heavy atom. The molecule has 0 saturated carbocycles. The molecule has 0 aromatic rings. The van der Waals surface area contributed by atoms with Crippen LogP contribution in [0.2, 0.25) is 0 Å². The Bertz CT molecular complexity index is 916. The van der Waals surface area contributed by atoms with Crippen LogP contribution in [0.4, 0.5) is 0 Å². The summed E-state index contributed by atoms with van der Waals surface area (Å²) in [6.07, 6.45) is -33.9. The SMILES string of the molecule is OC[C@@H](O)[C@@H]1O[C@@H](O[C@H](CO)[C@@H]2O[C@@H](OC[C@H]3O[C@H](O)[C@@H](O[C@H]4O[C@H](CO)[C@@H](O)[C@H](O)[C@@H]4O)[C@@H](O)[C@@H]3O)[C@H](O)[C@H]2O)[C@H](O)[C@H]1O. The molecule has 264 valence electrons. The van der Waals surface area contributed by atoms with E-state index in [0.717, 1.165) is 0 Å². The van der Waals surface area contributed by atoms with Gasteiger partial charge < -0.3 is 105 Å². The Morgan fingerprint density at radius 3 is 1.73 bits per heavy atom. The third kappa shape index (κ3) is 7.59. The van der Waals surface area contributed by atoms with Gasteiger partial charge in [-0.2, -0.15) is 0 Å². The van der Waals surface area contributed by atoms with Crippen molar-refractivity contribution < 1.29 is 105 Å². The van der Waals surface area contributed by atoms with Gasteiger partial charge in [0.1, 0.15) is 97.7 Å².